The lowest BCUT2D eigenvalue weighted by molar-refractivity contribution is 0.679. The van der Waals surface area contributed by atoms with E-state index in [2.05, 4.69) is 82.8 Å². The van der Waals surface area contributed by atoms with E-state index in [0.717, 1.165) is 22.5 Å². The summed E-state index contributed by atoms with van der Waals surface area (Å²) in [6.45, 7) is 0. The van der Waals surface area contributed by atoms with Crippen molar-refractivity contribution in [2.75, 3.05) is 0 Å². The third kappa shape index (κ3) is 2.62. The fourth-order valence-corrected chi connectivity index (χ4v) is 3.44. The fraction of sp³-hybridized carbons (Fsp3) is 0.0435. The van der Waals surface area contributed by atoms with Crippen molar-refractivity contribution in [3.05, 3.63) is 132 Å². The maximum absolute atomic E-state index is 4.67. The maximum Gasteiger partial charge on any atom is 0.147 e. The molecule has 0 spiro atoms. The van der Waals surface area contributed by atoms with Crippen molar-refractivity contribution in [3.63, 3.8) is 0 Å². The van der Waals surface area contributed by atoms with E-state index >= 15 is 0 Å². The van der Waals surface area contributed by atoms with Gasteiger partial charge in [-0.25, -0.2) is 9.97 Å². The second-order valence-corrected chi connectivity index (χ2v) is 5.92. The Morgan fingerprint density at radius 2 is 0.800 bits per heavy atom. The molecule has 2 heteroatoms. The van der Waals surface area contributed by atoms with E-state index in [9.17, 15) is 0 Å². The lowest BCUT2D eigenvalue weighted by Gasteiger charge is -2.34. The van der Waals surface area contributed by atoms with Gasteiger partial charge in [0.2, 0.25) is 0 Å². The van der Waals surface area contributed by atoms with Gasteiger partial charge >= 0.3 is 0 Å². The van der Waals surface area contributed by atoms with Crippen LogP contribution in [0.3, 0.4) is 0 Å². The van der Waals surface area contributed by atoms with E-state index in [1.54, 1.807) is 0 Å². The predicted octanol–water partition coefficient (Wildman–Crippen LogP) is 4.86. The number of hydrogen-bond acceptors (Lipinski definition) is 2. The summed E-state index contributed by atoms with van der Waals surface area (Å²) in [5.74, 6) is 0.776. The lowest BCUT2D eigenvalue weighted by atomic mass is 9.68. The van der Waals surface area contributed by atoms with Gasteiger partial charge in [-0.2, -0.15) is 0 Å². The number of benzene rings is 3. The fourth-order valence-electron chi connectivity index (χ4n) is 3.44. The van der Waals surface area contributed by atoms with Gasteiger partial charge in [0, 0.05) is 12.4 Å². The first-order valence-corrected chi connectivity index (χ1v) is 8.36. The summed E-state index contributed by atoms with van der Waals surface area (Å²) in [6, 6.07) is 33.3. The Labute approximate surface area is 147 Å². The van der Waals surface area contributed by atoms with E-state index in [1.165, 1.54) is 0 Å². The Hall–Kier alpha value is -3.26. The molecule has 3 aromatic carbocycles. The molecule has 0 saturated carbocycles. The van der Waals surface area contributed by atoms with Crippen molar-refractivity contribution in [2.45, 2.75) is 5.41 Å². The molecule has 0 aliphatic heterocycles. The molecule has 0 atom stereocenters. The largest absolute Gasteiger partial charge is 0.240 e. The maximum atomic E-state index is 4.67. The molecule has 0 fully saturated rings. The van der Waals surface area contributed by atoms with Crippen LogP contribution in [0.15, 0.2) is 109 Å². The van der Waals surface area contributed by atoms with Gasteiger partial charge in [-0.3, -0.25) is 0 Å². The standard InChI is InChI=1S/C23H18N2/c1-4-11-19(12-5-1)23(20-13-6-2-7-14-20,21-15-8-3-9-16-21)22-24-17-10-18-25-22/h1-18H. The first-order valence-electron chi connectivity index (χ1n) is 8.36. The third-order valence-corrected chi connectivity index (χ3v) is 4.52. The van der Waals surface area contributed by atoms with Crippen molar-refractivity contribution in [2.24, 2.45) is 0 Å². The van der Waals surface area contributed by atoms with Crippen LogP contribution >= 0.6 is 0 Å². The molecule has 0 bridgehead atoms. The van der Waals surface area contributed by atoms with Gasteiger partial charge in [-0.05, 0) is 22.8 Å². The summed E-state index contributed by atoms with van der Waals surface area (Å²) >= 11 is 0. The van der Waals surface area contributed by atoms with Gasteiger partial charge in [0.1, 0.15) is 11.2 Å². The summed E-state index contributed by atoms with van der Waals surface area (Å²) < 4.78 is 0. The zero-order valence-corrected chi connectivity index (χ0v) is 13.8. The Morgan fingerprint density at radius 3 is 1.16 bits per heavy atom. The minimum absolute atomic E-state index is 0.551. The first-order chi connectivity index (χ1) is 12.4. The molecule has 4 rings (SSSR count). The molecular formula is C23H18N2. The molecule has 4 aromatic rings. The summed E-state index contributed by atoms with van der Waals surface area (Å²) in [4.78, 5) is 9.34. The van der Waals surface area contributed by atoms with Gasteiger partial charge < -0.3 is 0 Å². The van der Waals surface area contributed by atoms with Crippen LogP contribution in [0.1, 0.15) is 22.5 Å². The van der Waals surface area contributed by atoms with E-state index in [0.29, 0.717) is 0 Å². The van der Waals surface area contributed by atoms with Gasteiger partial charge in [0.15, 0.2) is 0 Å². The molecule has 0 aliphatic rings. The molecular weight excluding hydrogens is 304 g/mol. The Bertz CT molecular complexity index is 757. The number of nitrogens with zero attached hydrogens (tertiary/aromatic N) is 2. The van der Waals surface area contributed by atoms with E-state index in [1.807, 2.05) is 36.7 Å². The monoisotopic (exact) mass is 322 g/mol. The average molecular weight is 322 g/mol. The zero-order chi connectivity index (χ0) is 17.0. The van der Waals surface area contributed by atoms with Crippen LogP contribution in [-0.2, 0) is 5.41 Å². The van der Waals surface area contributed by atoms with E-state index in [-0.39, 0.29) is 0 Å². The van der Waals surface area contributed by atoms with Crippen molar-refractivity contribution >= 4 is 0 Å². The second-order valence-electron chi connectivity index (χ2n) is 5.92. The van der Waals surface area contributed by atoms with Crippen LogP contribution in [0.25, 0.3) is 0 Å². The molecule has 0 unspecified atom stereocenters. The van der Waals surface area contributed by atoms with Crippen LogP contribution in [0.4, 0.5) is 0 Å². The summed E-state index contributed by atoms with van der Waals surface area (Å²) in [7, 11) is 0. The SMILES string of the molecule is c1ccc(C(c2ccccc2)(c2ccccc2)c2ncccn2)cc1. The van der Waals surface area contributed by atoms with Gasteiger partial charge in [0.05, 0.1) is 0 Å². The van der Waals surface area contributed by atoms with Crippen LogP contribution in [0.5, 0.6) is 0 Å². The number of hydrogen-bond donors (Lipinski definition) is 0. The molecule has 1 heterocycles. The summed E-state index contributed by atoms with van der Waals surface area (Å²) in [5.41, 5.74) is 2.90. The van der Waals surface area contributed by atoms with Crippen molar-refractivity contribution in [1.29, 1.82) is 0 Å². The van der Waals surface area contributed by atoms with Crippen LogP contribution in [0.2, 0.25) is 0 Å². The second kappa shape index (κ2) is 6.70. The zero-order valence-electron chi connectivity index (χ0n) is 13.8. The van der Waals surface area contributed by atoms with Crippen LogP contribution in [-0.4, -0.2) is 9.97 Å². The molecule has 0 aliphatic carbocycles. The van der Waals surface area contributed by atoms with Crippen LogP contribution in [0, 0.1) is 0 Å². The molecule has 0 amide bonds. The normalized spacial score (nSPS) is 11.2. The topological polar surface area (TPSA) is 25.8 Å². The lowest BCUT2D eigenvalue weighted by Crippen LogP contribution is -2.33. The average Bonchev–Trinajstić information content (AvgIpc) is 2.72. The smallest absolute Gasteiger partial charge is 0.147 e. The van der Waals surface area contributed by atoms with Gasteiger partial charge in [-0.1, -0.05) is 91.0 Å². The first kappa shape index (κ1) is 15.3. The van der Waals surface area contributed by atoms with Crippen LogP contribution < -0.4 is 0 Å². The van der Waals surface area contributed by atoms with Crippen molar-refractivity contribution in [1.82, 2.24) is 9.97 Å². The Morgan fingerprint density at radius 1 is 0.440 bits per heavy atom. The molecule has 2 nitrogen and oxygen atoms in total. The predicted molar refractivity (Wildman–Crippen MR) is 100 cm³/mol. The minimum Gasteiger partial charge on any atom is -0.240 e. The highest BCUT2D eigenvalue weighted by atomic mass is 14.9. The Kier molecular flexibility index (Phi) is 4.09. The molecule has 0 N–H and O–H groups in total. The number of aromatic nitrogens is 2. The Balaban J connectivity index is 2.13. The van der Waals surface area contributed by atoms with Crippen molar-refractivity contribution < 1.29 is 0 Å². The summed E-state index contributed by atoms with van der Waals surface area (Å²) in [5, 5.41) is 0. The highest BCUT2D eigenvalue weighted by molar-refractivity contribution is 5.56. The minimum atomic E-state index is -0.551. The highest BCUT2D eigenvalue weighted by Crippen LogP contribution is 2.43. The molecule has 25 heavy (non-hydrogen) atoms. The molecule has 0 saturated heterocycles. The molecule has 120 valence electrons. The van der Waals surface area contributed by atoms with E-state index < -0.39 is 5.41 Å². The summed E-state index contributed by atoms with van der Waals surface area (Å²) in [6.07, 6.45) is 3.62. The number of rotatable bonds is 4. The van der Waals surface area contributed by atoms with Gasteiger partial charge in [0.25, 0.3) is 0 Å². The third-order valence-electron chi connectivity index (χ3n) is 4.52. The quantitative estimate of drug-likeness (QED) is 0.501. The van der Waals surface area contributed by atoms with E-state index in [4.69, 9.17) is 0 Å². The van der Waals surface area contributed by atoms with Crippen molar-refractivity contribution in [3.8, 4) is 0 Å². The molecule has 1 aromatic heterocycles. The molecule has 0 radical (unpaired) electrons. The highest BCUT2D eigenvalue weighted by Gasteiger charge is 2.40. The van der Waals surface area contributed by atoms with Gasteiger partial charge in [-0.15, -0.1) is 0 Å².